The molecule has 1 N–H and O–H groups in total. The fourth-order valence-corrected chi connectivity index (χ4v) is 3.51. The lowest BCUT2D eigenvalue weighted by molar-refractivity contribution is 0.210. The molecule has 1 saturated heterocycles. The van der Waals surface area contributed by atoms with Gasteiger partial charge in [-0.25, -0.2) is 9.37 Å². The van der Waals surface area contributed by atoms with Crippen LogP contribution in [0.4, 0.5) is 16.0 Å². The molecule has 4 rings (SSSR count). The van der Waals surface area contributed by atoms with Gasteiger partial charge in [-0.1, -0.05) is 0 Å². The molecule has 1 atom stereocenters. The van der Waals surface area contributed by atoms with Crippen LogP contribution >= 0.6 is 0 Å². The Balaban J connectivity index is 1.88. The van der Waals surface area contributed by atoms with Crippen molar-refractivity contribution in [2.75, 3.05) is 25.5 Å². The van der Waals surface area contributed by atoms with Crippen LogP contribution in [0.25, 0.3) is 10.9 Å². The fourth-order valence-electron chi connectivity index (χ4n) is 3.51. The van der Waals surface area contributed by atoms with Crippen LogP contribution in [-0.2, 0) is 0 Å². The molecule has 1 aromatic carbocycles. The Hall–Kier alpha value is -2.80. The van der Waals surface area contributed by atoms with Crippen LogP contribution in [0.5, 0.6) is 0 Å². The first-order valence-corrected chi connectivity index (χ1v) is 8.69. The summed E-state index contributed by atoms with van der Waals surface area (Å²) in [7, 11) is 2.04. The summed E-state index contributed by atoms with van der Waals surface area (Å²) in [6.45, 7) is 1.76. The summed E-state index contributed by atoms with van der Waals surface area (Å²) >= 11 is 0. The number of rotatable bonds is 3. The largest absolute Gasteiger partial charge is 0.324 e. The second-order valence-corrected chi connectivity index (χ2v) is 6.70. The third-order valence-electron chi connectivity index (χ3n) is 4.74. The monoisotopic (exact) mass is 353 g/mol. The molecule has 3 aromatic rings. The van der Waals surface area contributed by atoms with Crippen molar-refractivity contribution in [1.29, 1.82) is 0 Å². The standard InChI is InChI=1S/C19H20FN5O/c1-24-9-3-5-15(12-24)25-18(26)16-10-13(20)6-7-17(16)23-19(25)22-14-4-2-8-21-11-14/h2,4,6-8,10-11,15H,3,5,9,12H2,1H3,(H,22,23)/t15-/m0/s1. The van der Waals surface area contributed by atoms with Gasteiger partial charge in [-0.15, -0.1) is 0 Å². The molecule has 0 aliphatic carbocycles. The van der Waals surface area contributed by atoms with Gasteiger partial charge in [-0.3, -0.25) is 14.3 Å². The van der Waals surface area contributed by atoms with Gasteiger partial charge in [-0.05, 0) is 56.8 Å². The van der Waals surface area contributed by atoms with Crippen LogP contribution in [0.15, 0.2) is 47.5 Å². The number of nitrogens with one attached hydrogen (secondary N) is 1. The van der Waals surface area contributed by atoms with E-state index < -0.39 is 5.82 Å². The van der Waals surface area contributed by atoms with E-state index in [9.17, 15) is 9.18 Å². The highest BCUT2D eigenvalue weighted by Crippen LogP contribution is 2.25. The molecule has 0 spiro atoms. The molecule has 134 valence electrons. The highest BCUT2D eigenvalue weighted by molar-refractivity contribution is 5.79. The van der Waals surface area contributed by atoms with Crippen molar-refractivity contribution in [2.45, 2.75) is 18.9 Å². The Morgan fingerprint density at radius 3 is 2.96 bits per heavy atom. The van der Waals surface area contributed by atoms with Gasteiger partial charge in [0, 0.05) is 12.7 Å². The predicted molar refractivity (Wildman–Crippen MR) is 99.2 cm³/mol. The lowest BCUT2D eigenvalue weighted by atomic mass is 10.1. The zero-order valence-electron chi connectivity index (χ0n) is 14.5. The van der Waals surface area contributed by atoms with Crippen LogP contribution in [-0.4, -0.2) is 39.6 Å². The van der Waals surface area contributed by atoms with E-state index in [1.165, 1.54) is 18.2 Å². The lowest BCUT2D eigenvalue weighted by Crippen LogP contribution is -2.38. The first-order chi connectivity index (χ1) is 12.6. The quantitative estimate of drug-likeness (QED) is 0.784. The molecule has 0 amide bonds. The molecular weight excluding hydrogens is 333 g/mol. The summed E-state index contributed by atoms with van der Waals surface area (Å²) in [5.74, 6) is 0.0269. The maximum atomic E-state index is 13.7. The maximum Gasteiger partial charge on any atom is 0.263 e. The van der Waals surface area contributed by atoms with Crippen LogP contribution in [0, 0.1) is 5.82 Å². The molecule has 1 fully saturated rings. The lowest BCUT2D eigenvalue weighted by Gasteiger charge is -2.32. The highest BCUT2D eigenvalue weighted by atomic mass is 19.1. The van der Waals surface area contributed by atoms with Gasteiger partial charge in [0.25, 0.3) is 5.56 Å². The summed E-state index contributed by atoms with van der Waals surface area (Å²) in [6.07, 6.45) is 5.25. The number of fused-ring (bicyclic) bond motifs is 1. The zero-order valence-corrected chi connectivity index (χ0v) is 14.5. The van der Waals surface area contributed by atoms with Crippen molar-refractivity contribution >= 4 is 22.5 Å². The third kappa shape index (κ3) is 3.17. The minimum atomic E-state index is -0.434. The Bertz CT molecular complexity index is 988. The summed E-state index contributed by atoms with van der Waals surface area (Å²) < 4.78 is 15.4. The molecule has 0 radical (unpaired) electrons. The van der Waals surface area contributed by atoms with Crippen molar-refractivity contribution in [1.82, 2.24) is 19.4 Å². The van der Waals surface area contributed by atoms with Gasteiger partial charge in [0.15, 0.2) is 0 Å². The Morgan fingerprint density at radius 1 is 1.31 bits per heavy atom. The number of likely N-dealkylation sites (tertiary alicyclic amines) is 1. The van der Waals surface area contributed by atoms with Crippen molar-refractivity contribution in [3.8, 4) is 0 Å². The number of hydrogen-bond acceptors (Lipinski definition) is 5. The molecule has 2 aromatic heterocycles. The molecule has 1 aliphatic heterocycles. The molecular formula is C19H20FN5O. The number of aromatic nitrogens is 3. The van der Waals surface area contributed by atoms with Crippen LogP contribution < -0.4 is 10.9 Å². The average Bonchev–Trinajstić information content (AvgIpc) is 2.63. The summed E-state index contributed by atoms with van der Waals surface area (Å²) in [5, 5.41) is 3.51. The van der Waals surface area contributed by atoms with Gasteiger partial charge < -0.3 is 10.2 Å². The van der Waals surface area contributed by atoms with Crippen molar-refractivity contribution < 1.29 is 4.39 Å². The molecule has 0 saturated carbocycles. The molecule has 6 nitrogen and oxygen atoms in total. The van der Waals surface area contributed by atoms with E-state index in [4.69, 9.17) is 0 Å². The molecule has 0 unspecified atom stereocenters. The fraction of sp³-hybridized carbons (Fsp3) is 0.316. The van der Waals surface area contributed by atoms with Gasteiger partial charge >= 0.3 is 0 Å². The van der Waals surface area contributed by atoms with Gasteiger partial charge in [0.05, 0.1) is 28.8 Å². The number of hydrogen-bond donors (Lipinski definition) is 1. The third-order valence-corrected chi connectivity index (χ3v) is 4.74. The van der Waals surface area contributed by atoms with E-state index in [1.807, 2.05) is 19.2 Å². The van der Waals surface area contributed by atoms with Crippen LogP contribution in [0.1, 0.15) is 18.9 Å². The van der Waals surface area contributed by atoms with Crippen molar-refractivity contribution in [3.05, 3.63) is 58.9 Å². The van der Waals surface area contributed by atoms with E-state index in [0.29, 0.717) is 16.9 Å². The van der Waals surface area contributed by atoms with E-state index >= 15 is 0 Å². The predicted octanol–water partition coefficient (Wildman–Crippen LogP) is 2.94. The Labute approximate surface area is 150 Å². The number of anilines is 2. The minimum absolute atomic E-state index is 0.0133. The van der Waals surface area contributed by atoms with E-state index in [0.717, 1.165) is 31.6 Å². The number of likely N-dealkylation sites (N-methyl/N-ethyl adjacent to an activating group) is 1. The highest BCUT2D eigenvalue weighted by Gasteiger charge is 2.24. The number of piperidine rings is 1. The van der Waals surface area contributed by atoms with Gasteiger partial charge in [0.1, 0.15) is 5.82 Å². The number of halogens is 1. The average molecular weight is 353 g/mol. The minimum Gasteiger partial charge on any atom is -0.324 e. The number of pyridine rings is 1. The number of nitrogens with zero attached hydrogens (tertiary/aromatic N) is 4. The Kier molecular flexibility index (Phi) is 4.38. The van der Waals surface area contributed by atoms with Gasteiger partial charge in [-0.2, -0.15) is 0 Å². The molecule has 1 aliphatic rings. The SMILES string of the molecule is CN1CCC[C@H](n2c(Nc3cccnc3)nc3ccc(F)cc3c2=O)C1. The Morgan fingerprint density at radius 2 is 2.19 bits per heavy atom. The maximum absolute atomic E-state index is 13.7. The second-order valence-electron chi connectivity index (χ2n) is 6.70. The topological polar surface area (TPSA) is 63.1 Å². The molecule has 26 heavy (non-hydrogen) atoms. The normalized spacial score (nSPS) is 18.2. The first-order valence-electron chi connectivity index (χ1n) is 8.69. The van der Waals surface area contributed by atoms with Crippen molar-refractivity contribution in [2.24, 2.45) is 0 Å². The van der Waals surface area contributed by atoms with E-state index in [-0.39, 0.29) is 11.6 Å². The van der Waals surface area contributed by atoms with E-state index in [1.54, 1.807) is 17.0 Å². The van der Waals surface area contributed by atoms with Crippen molar-refractivity contribution in [3.63, 3.8) is 0 Å². The molecule has 0 bridgehead atoms. The summed E-state index contributed by atoms with van der Waals surface area (Å²) in [6, 6.07) is 7.79. The smallest absolute Gasteiger partial charge is 0.263 e. The molecule has 7 heteroatoms. The van der Waals surface area contributed by atoms with Gasteiger partial charge in [0.2, 0.25) is 5.95 Å². The summed E-state index contributed by atoms with van der Waals surface area (Å²) in [4.78, 5) is 24.1. The molecule has 3 heterocycles. The number of benzene rings is 1. The van der Waals surface area contributed by atoms with Crippen LogP contribution in [0.3, 0.4) is 0 Å². The van der Waals surface area contributed by atoms with E-state index in [2.05, 4.69) is 20.2 Å². The van der Waals surface area contributed by atoms with Crippen LogP contribution in [0.2, 0.25) is 0 Å². The first kappa shape index (κ1) is 16.7. The second kappa shape index (κ2) is 6.84. The summed E-state index contributed by atoms with van der Waals surface area (Å²) in [5.41, 5.74) is 1.00. The zero-order chi connectivity index (χ0) is 18.1.